The Bertz CT molecular complexity index is 989. The van der Waals surface area contributed by atoms with Gasteiger partial charge in [-0.1, -0.05) is 45.0 Å². The molecule has 0 radical (unpaired) electrons. The molecule has 3 aliphatic rings. The largest absolute Gasteiger partial charge is 0.507 e. The van der Waals surface area contributed by atoms with Gasteiger partial charge in [0.15, 0.2) is 0 Å². The number of rotatable bonds is 3. The molecule has 0 aliphatic heterocycles. The van der Waals surface area contributed by atoms with E-state index < -0.39 is 5.60 Å². The highest BCUT2D eigenvalue weighted by molar-refractivity contribution is 7.98. The fraction of sp³-hybridized carbons (Fsp3) is 0.586. The van der Waals surface area contributed by atoms with Crippen LogP contribution in [0.25, 0.3) is 0 Å². The van der Waals surface area contributed by atoms with Crippen molar-refractivity contribution in [3.8, 4) is 5.75 Å². The zero-order valence-corrected chi connectivity index (χ0v) is 20.8. The molecule has 0 aromatic heterocycles. The van der Waals surface area contributed by atoms with E-state index in [4.69, 9.17) is 0 Å². The molecule has 2 aromatic carbocycles. The van der Waals surface area contributed by atoms with Crippen molar-refractivity contribution in [2.75, 3.05) is 6.26 Å². The number of fused-ring (bicyclic) bond motifs is 5. The molecule has 0 saturated heterocycles. The van der Waals surface area contributed by atoms with Gasteiger partial charge < -0.3 is 10.2 Å². The molecule has 2 fully saturated rings. The van der Waals surface area contributed by atoms with Crippen LogP contribution in [0, 0.1) is 17.8 Å². The molecule has 2 nitrogen and oxygen atoms in total. The third kappa shape index (κ3) is 3.80. The number of phenolic OH excluding ortho intramolecular Hbond substituents is 1. The van der Waals surface area contributed by atoms with Crippen molar-refractivity contribution in [1.29, 1.82) is 0 Å². The number of benzene rings is 2. The van der Waals surface area contributed by atoms with Crippen LogP contribution in [-0.4, -0.2) is 22.1 Å². The fourth-order valence-corrected chi connectivity index (χ4v) is 7.75. The van der Waals surface area contributed by atoms with E-state index in [2.05, 4.69) is 51.1 Å². The minimum atomic E-state index is -0.557. The van der Waals surface area contributed by atoms with Crippen molar-refractivity contribution in [3.05, 3.63) is 58.7 Å². The molecule has 0 heterocycles. The van der Waals surface area contributed by atoms with E-state index in [-0.39, 0.29) is 5.41 Å². The molecule has 5 atom stereocenters. The van der Waals surface area contributed by atoms with Crippen LogP contribution in [0.5, 0.6) is 5.75 Å². The minimum absolute atomic E-state index is 0.163. The van der Waals surface area contributed by atoms with Crippen LogP contribution < -0.4 is 0 Å². The summed E-state index contributed by atoms with van der Waals surface area (Å²) in [4.78, 5) is 1.01. The van der Waals surface area contributed by atoms with Crippen molar-refractivity contribution in [1.82, 2.24) is 0 Å². The van der Waals surface area contributed by atoms with Gasteiger partial charge in [0.25, 0.3) is 0 Å². The van der Waals surface area contributed by atoms with Crippen molar-refractivity contribution in [3.63, 3.8) is 0 Å². The van der Waals surface area contributed by atoms with E-state index in [1.807, 2.05) is 12.3 Å². The summed E-state index contributed by atoms with van der Waals surface area (Å²) >= 11 is 1.64. The normalized spacial score (nSPS) is 31.7. The lowest BCUT2D eigenvalue weighted by Crippen LogP contribution is -2.43. The average molecular weight is 451 g/mol. The summed E-state index contributed by atoms with van der Waals surface area (Å²) in [5.74, 6) is 2.77. The van der Waals surface area contributed by atoms with E-state index in [0.717, 1.165) is 37.0 Å². The molecule has 2 N–H and O–H groups in total. The molecule has 3 heteroatoms. The highest BCUT2D eigenvalue weighted by Crippen LogP contribution is 2.59. The molecule has 0 spiro atoms. The minimum Gasteiger partial charge on any atom is -0.507 e. The van der Waals surface area contributed by atoms with Crippen molar-refractivity contribution < 1.29 is 10.2 Å². The Morgan fingerprint density at radius 1 is 1.00 bits per heavy atom. The number of aryl methyl sites for hydroxylation is 1. The summed E-state index contributed by atoms with van der Waals surface area (Å²) in [7, 11) is 0. The van der Waals surface area contributed by atoms with Gasteiger partial charge in [-0.25, -0.2) is 0 Å². The zero-order chi connectivity index (χ0) is 22.7. The van der Waals surface area contributed by atoms with Gasteiger partial charge in [0, 0.05) is 11.3 Å². The first kappa shape index (κ1) is 22.3. The Labute approximate surface area is 197 Å². The van der Waals surface area contributed by atoms with E-state index in [9.17, 15) is 10.2 Å². The first-order valence-electron chi connectivity index (χ1n) is 12.4. The maximum atomic E-state index is 11.8. The Kier molecular flexibility index (Phi) is 5.65. The number of thioether (sulfide) groups is 1. The highest BCUT2D eigenvalue weighted by Gasteiger charge is 2.53. The molecule has 5 rings (SSSR count). The fourth-order valence-electron chi connectivity index (χ4n) is 7.24. The molecule has 172 valence electrons. The van der Waals surface area contributed by atoms with Gasteiger partial charge in [-0.2, -0.15) is 0 Å². The van der Waals surface area contributed by atoms with Crippen LogP contribution in [0.15, 0.2) is 41.3 Å². The van der Waals surface area contributed by atoms with Crippen molar-refractivity contribution >= 4 is 11.8 Å². The predicted molar refractivity (Wildman–Crippen MR) is 134 cm³/mol. The molecular weight excluding hydrogens is 412 g/mol. The van der Waals surface area contributed by atoms with Gasteiger partial charge in [-0.05, 0) is 108 Å². The van der Waals surface area contributed by atoms with Gasteiger partial charge in [0.05, 0.1) is 5.60 Å². The maximum Gasteiger partial charge on any atom is 0.129 e. The lowest BCUT2D eigenvalue weighted by molar-refractivity contribution is -0.0347. The molecule has 0 bridgehead atoms. The monoisotopic (exact) mass is 450 g/mol. The topological polar surface area (TPSA) is 40.5 Å². The summed E-state index contributed by atoms with van der Waals surface area (Å²) in [6, 6.07) is 13.3. The Hall–Kier alpha value is -1.45. The standard InChI is InChI=1S/C29H38O2S/c1-28(2,3)20-8-5-18(6-9-20)17-29(31)14-13-23-21-10-7-19-15-26(30)27(32-4)16-24(19)22(21)11-12-25(23)29/h5-6,8-9,15-16,21-23,25,30-31H,7,10-14,17H2,1-4H3/t21?,22?,23?,25?,29-/m1/s1. The third-order valence-corrected chi connectivity index (χ3v) is 9.66. The van der Waals surface area contributed by atoms with Crippen LogP contribution in [0.2, 0.25) is 0 Å². The van der Waals surface area contributed by atoms with E-state index in [1.54, 1.807) is 11.8 Å². The van der Waals surface area contributed by atoms with E-state index in [1.165, 1.54) is 35.1 Å². The lowest BCUT2D eigenvalue weighted by Gasteiger charge is -2.47. The molecule has 2 aromatic rings. The van der Waals surface area contributed by atoms with Gasteiger partial charge in [0.1, 0.15) is 5.75 Å². The number of hydrogen-bond donors (Lipinski definition) is 2. The van der Waals surface area contributed by atoms with Crippen LogP contribution >= 0.6 is 11.8 Å². The summed E-state index contributed by atoms with van der Waals surface area (Å²) in [5.41, 5.74) is 5.07. The smallest absolute Gasteiger partial charge is 0.129 e. The SMILES string of the molecule is CSc1cc2c(cc1O)CCC1C2CCC2C1CC[C@@]2(O)Cc1ccc(C(C)(C)C)cc1. The molecule has 2 saturated carbocycles. The second kappa shape index (κ2) is 8.09. The summed E-state index contributed by atoms with van der Waals surface area (Å²) < 4.78 is 0. The Morgan fingerprint density at radius 2 is 1.75 bits per heavy atom. The molecule has 4 unspecified atom stereocenters. The summed E-state index contributed by atoms with van der Waals surface area (Å²) in [6.07, 6.45) is 9.49. The van der Waals surface area contributed by atoms with E-state index in [0.29, 0.717) is 29.4 Å². The number of hydrogen-bond acceptors (Lipinski definition) is 3. The number of aliphatic hydroxyl groups is 1. The first-order valence-corrected chi connectivity index (χ1v) is 13.6. The zero-order valence-electron chi connectivity index (χ0n) is 20.0. The van der Waals surface area contributed by atoms with Crippen molar-refractivity contribution in [2.24, 2.45) is 17.8 Å². The summed E-state index contributed by atoms with van der Waals surface area (Å²) in [5, 5.41) is 22.2. The van der Waals surface area contributed by atoms with Gasteiger partial charge in [-0.3, -0.25) is 0 Å². The van der Waals surface area contributed by atoms with E-state index >= 15 is 0 Å². The molecular formula is C29H38O2S. The quantitative estimate of drug-likeness (QED) is 0.502. The summed E-state index contributed by atoms with van der Waals surface area (Å²) in [6.45, 7) is 6.75. The average Bonchev–Trinajstić information content (AvgIpc) is 3.09. The molecule has 32 heavy (non-hydrogen) atoms. The second-order valence-corrected chi connectivity index (χ2v) is 12.5. The van der Waals surface area contributed by atoms with Crippen LogP contribution in [0.1, 0.15) is 81.0 Å². The van der Waals surface area contributed by atoms with Gasteiger partial charge in [0.2, 0.25) is 0 Å². The number of phenols is 1. The Morgan fingerprint density at radius 3 is 2.44 bits per heavy atom. The molecule has 3 aliphatic carbocycles. The maximum absolute atomic E-state index is 11.8. The molecule has 0 amide bonds. The van der Waals surface area contributed by atoms with Crippen LogP contribution in [-0.2, 0) is 18.3 Å². The van der Waals surface area contributed by atoms with Crippen molar-refractivity contribution in [2.45, 2.75) is 87.5 Å². The predicted octanol–water partition coefficient (Wildman–Crippen LogP) is 6.85. The first-order chi connectivity index (χ1) is 15.2. The highest BCUT2D eigenvalue weighted by atomic mass is 32.2. The van der Waals surface area contributed by atoms with Crippen LogP contribution in [0.4, 0.5) is 0 Å². The van der Waals surface area contributed by atoms with Gasteiger partial charge >= 0.3 is 0 Å². The van der Waals surface area contributed by atoms with Crippen LogP contribution in [0.3, 0.4) is 0 Å². The third-order valence-electron chi connectivity index (χ3n) is 8.89. The number of aromatic hydroxyl groups is 1. The second-order valence-electron chi connectivity index (χ2n) is 11.6. The van der Waals surface area contributed by atoms with Gasteiger partial charge in [-0.15, -0.1) is 11.8 Å². The lowest BCUT2D eigenvalue weighted by atomic mass is 9.59. The Balaban J connectivity index is 1.36.